The van der Waals surface area contributed by atoms with Gasteiger partial charge in [0.25, 0.3) is 0 Å². The van der Waals surface area contributed by atoms with Crippen LogP contribution in [-0.4, -0.2) is 12.7 Å². The minimum Gasteiger partial charge on any atom is -0.374 e. The second-order valence-electron chi connectivity index (χ2n) is 4.79. The summed E-state index contributed by atoms with van der Waals surface area (Å²) in [5.74, 6) is 0.833. The van der Waals surface area contributed by atoms with Gasteiger partial charge in [-0.1, -0.05) is 45.8 Å². The molecule has 0 radical (unpaired) electrons. The van der Waals surface area contributed by atoms with Gasteiger partial charge >= 0.3 is 0 Å². The Bertz CT molecular complexity index is 147. The smallest absolute Gasteiger partial charge is 0.0755 e. The molecule has 0 heterocycles. The summed E-state index contributed by atoms with van der Waals surface area (Å²) in [7, 11) is 0. The molecule has 15 heavy (non-hydrogen) atoms. The number of rotatable bonds is 2. The zero-order chi connectivity index (χ0) is 11.5. The maximum Gasteiger partial charge on any atom is 0.0755 e. The Kier molecular flexibility index (Phi) is 10.0. The predicted octanol–water partition coefficient (Wildman–Crippen LogP) is 4.57. The minimum absolute atomic E-state index is 0.403. The van der Waals surface area contributed by atoms with Gasteiger partial charge in [0.1, 0.15) is 0 Å². The summed E-state index contributed by atoms with van der Waals surface area (Å²) < 4.78 is 5.53. The van der Waals surface area contributed by atoms with Crippen LogP contribution < -0.4 is 0 Å². The van der Waals surface area contributed by atoms with Crippen molar-refractivity contribution in [2.24, 2.45) is 5.92 Å². The van der Waals surface area contributed by atoms with Gasteiger partial charge in [-0.25, -0.2) is 0 Å². The summed E-state index contributed by atoms with van der Waals surface area (Å²) >= 11 is 0. The fraction of sp³-hybridized carbons (Fsp3) is 0.857. The zero-order valence-corrected chi connectivity index (χ0v) is 11.0. The third-order valence-electron chi connectivity index (χ3n) is 2.09. The average molecular weight is 212 g/mol. The van der Waals surface area contributed by atoms with Crippen LogP contribution in [-0.2, 0) is 4.74 Å². The van der Waals surface area contributed by atoms with E-state index in [1.54, 1.807) is 0 Å². The molecule has 0 fully saturated rings. The Balaban J connectivity index is 0.000000423. The van der Waals surface area contributed by atoms with Crippen LogP contribution >= 0.6 is 0 Å². The van der Waals surface area contributed by atoms with E-state index < -0.39 is 0 Å². The normalized spacial score (nSPS) is 23.7. The van der Waals surface area contributed by atoms with Crippen molar-refractivity contribution in [1.82, 2.24) is 0 Å². The SMILES string of the molecule is CC(C)C.CCOC1/C=C/CCCCC1. The summed E-state index contributed by atoms with van der Waals surface area (Å²) in [6, 6.07) is 0. The van der Waals surface area contributed by atoms with Gasteiger partial charge in [-0.2, -0.15) is 0 Å². The van der Waals surface area contributed by atoms with Gasteiger partial charge in [-0.3, -0.25) is 0 Å². The third kappa shape index (κ3) is 11.6. The molecule has 0 bridgehead atoms. The van der Waals surface area contributed by atoms with Crippen molar-refractivity contribution in [3.8, 4) is 0 Å². The van der Waals surface area contributed by atoms with Crippen molar-refractivity contribution in [2.45, 2.75) is 65.9 Å². The molecule has 0 aliphatic heterocycles. The van der Waals surface area contributed by atoms with Gasteiger partial charge in [0.05, 0.1) is 6.10 Å². The Morgan fingerprint density at radius 3 is 2.47 bits per heavy atom. The van der Waals surface area contributed by atoms with Gasteiger partial charge in [0.15, 0.2) is 0 Å². The molecular weight excluding hydrogens is 184 g/mol. The first-order chi connectivity index (χ1) is 7.16. The third-order valence-corrected chi connectivity index (χ3v) is 2.09. The van der Waals surface area contributed by atoms with E-state index in [1.165, 1.54) is 32.1 Å². The van der Waals surface area contributed by atoms with Crippen LogP contribution in [0.15, 0.2) is 12.2 Å². The van der Waals surface area contributed by atoms with Crippen LogP contribution in [0.4, 0.5) is 0 Å². The molecule has 0 aromatic heterocycles. The summed E-state index contributed by atoms with van der Waals surface area (Å²) in [5.41, 5.74) is 0. The highest BCUT2D eigenvalue weighted by Gasteiger charge is 2.04. The number of hydrogen-bond donors (Lipinski definition) is 0. The van der Waals surface area contributed by atoms with Gasteiger partial charge in [-0.15, -0.1) is 0 Å². The zero-order valence-electron chi connectivity index (χ0n) is 11.0. The molecule has 0 spiro atoms. The van der Waals surface area contributed by atoms with E-state index >= 15 is 0 Å². The lowest BCUT2D eigenvalue weighted by Gasteiger charge is -2.14. The Hall–Kier alpha value is -0.300. The largest absolute Gasteiger partial charge is 0.374 e. The quantitative estimate of drug-likeness (QED) is 0.609. The number of allylic oxidation sites excluding steroid dienone is 1. The molecule has 0 saturated heterocycles. The fourth-order valence-corrected chi connectivity index (χ4v) is 1.48. The number of hydrogen-bond acceptors (Lipinski definition) is 1. The van der Waals surface area contributed by atoms with E-state index in [2.05, 4.69) is 39.8 Å². The molecule has 0 saturated carbocycles. The van der Waals surface area contributed by atoms with Crippen molar-refractivity contribution >= 4 is 0 Å². The molecule has 0 aromatic rings. The standard InChI is InChI=1S/C10H18O.C4H10/c1-2-11-10-8-6-4-3-5-7-9-10;1-4(2)3/h6,8,10H,2-5,7,9H2,1H3;4H,1-3H3/b8-6+;. The monoisotopic (exact) mass is 212 g/mol. The van der Waals surface area contributed by atoms with Crippen LogP contribution in [0.25, 0.3) is 0 Å². The lowest BCUT2D eigenvalue weighted by atomic mass is 10.0. The molecule has 0 aromatic carbocycles. The molecule has 1 aliphatic carbocycles. The van der Waals surface area contributed by atoms with Crippen molar-refractivity contribution < 1.29 is 4.74 Å². The first kappa shape index (κ1) is 14.7. The molecule has 0 N–H and O–H groups in total. The maximum atomic E-state index is 5.53. The second kappa shape index (κ2) is 10.2. The van der Waals surface area contributed by atoms with Crippen molar-refractivity contribution in [2.75, 3.05) is 6.61 Å². The van der Waals surface area contributed by atoms with Crippen molar-refractivity contribution in [3.63, 3.8) is 0 Å². The van der Waals surface area contributed by atoms with Gasteiger partial charge < -0.3 is 4.74 Å². The summed E-state index contributed by atoms with van der Waals surface area (Å²) in [6.45, 7) is 9.40. The van der Waals surface area contributed by atoms with E-state index in [-0.39, 0.29) is 0 Å². The molecule has 0 amide bonds. The van der Waals surface area contributed by atoms with E-state index in [1.807, 2.05) is 0 Å². The maximum absolute atomic E-state index is 5.53. The molecular formula is C14H28O. The molecule has 1 unspecified atom stereocenters. The molecule has 1 nitrogen and oxygen atoms in total. The lowest BCUT2D eigenvalue weighted by molar-refractivity contribution is 0.0873. The van der Waals surface area contributed by atoms with Crippen molar-refractivity contribution in [1.29, 1.82) is 0 Å². The Labute approximate surface area is 95.9 Å². The van der Waals surface area contributed by atoms with Crippen LogP contribution in [0.3, 0.4) is 0 Å². The van der Waals surface area contributed by atoms with Gasteiger partial charge in [-0.05, 0) is 32.1 Å². The van der Waals surface area contributed by atoms with Crippen LogP contribution in [0.5, 0.6) is 0 Å². The van der Waals surface area contributed by atoms with E-state index in [0.29, 0.717) is 6.10 Å². The van der Waals surface area contributed by atoms with Gasteiger partial charge in [0.2, 0.25) is 0 Å². The second-order valence-corrected chi connectivity index (χ2v) is 4.79. The molecule has 1 atom stereocenters. The fourth-order valence-electron chi connectivity index (χ4n) is 1.48. The molecule has 1 rings (SSSR count). The highest BCUT2D eigenvalue weighted by molar-refractivity contribution is 4.90. The van der Waals surface area contributed by atoms with Crippen LogP contribution in [0.1, 0.15) is 59.8 Å². The molecule has 90 valence electrons. The predicted molar refractivity (Wildman–Crippen MR) is 68.2 cm³/mol. The highest BCUT2D eigenvalue weighted by atomic mass is 16.5. The highest BCUT2D eigenvalue weighted by Crippen LogP contribution is 2.13. The summed E-state index contributed by atoms with van der Waals surface area (Å²) in [4.78, 5) is 0. The minimum atomic E-state index is 0.403. The van der Waals surface area contributed by atoms with Crippen molar-refractivity contribution in [3.05, 3.63) is 12.2 Å². The van der Waals surface area contributed by atoms with Gasteiger partial charge in [0, 0.05) is 6.61 Å². The Morgan fingerprint density at radius 2 is 1.87 bits per heavy atom. The van der Waals surface area contributed by atoms with E-state index in [0.717, 1.165) is 12.5 Å². The number of ether oxygens (including phenoxy) is 1. The molecule has 1 aliphatic rings. The van der Waals surface area contributed by atoms with E-state index in [9.17, 15) is 0 Å². The first-order valence-corrected chi connectivity index (χ1v) is 6.45. The summed E-state index contributed by atoms with van der Waals surface area (Å²) in [5, 5.41) is 0. The lowest BCUT2D eigenvalue weighted by Crippen LogP contribution is -2.10. The van der Waals surface area contributed by atoms with E-state index in [4.69, 9.17) is 4.74 Å². The van der Waals surface area contributed by atoms with Crippen LogP contribution in [0, 0.1) is 5.92 Å². The first-order valence-electron chi connectivity index (χ1n) is 6.45. The topological polar surface area (TPSA) is 9.23 Å². The van der Waals surface area contributed by atoms with Crippen LogP contribution in [0.2, 0.25) is 0 Å². The molecule has 1 heteroatoms. The Morgan fingerprint density at radius 1 is 1.20 bits per heavy atom. The average Bonchev–Trinajstić information content (AvgIpc) is 2.08. The summed E-state index contributed by atoms with van der Waals surface area (Å²) in [6.07, 6.45) is 11.4.